The van der Waals surface area contributed by atoms with Gasteiger partial charge in [0.2, 0.25) is 10.3 Å². The van der Waals surface area contributed by atoms with Crippen molar-refractivity contribution in [3.8, 4) is 10.9 Å². The first-order valence-electron chi connectivity index (χ1n) is 9.00. The van der Waals surface area contributed by atoms with E-state index in [2.05, 4.69) is 37.1 Å². The van der Waals surface area contributed by atoms with Crippen molar-refractivity contribution in [2.24, 2.45) is 0 Å². The second-order valence-electron chi connectivity index (χ2n) is 6.29. The molecule has 2 aromatic heterocycles. The molecule has 0 saturated carbocycles. The molecule has 142 valence electrons. The quantitative estimate of drug-likeness (QED) is 0.674. The summed E-state index contributed by atoms with van der Waals surface area (Å²) in [5, 5.41) is 14.1. The summed E-state index contributed by atoms with van der Waals surface area (Å²) in [6, 6.07) is 12.2. The van der Waals surface area contributed by atoms with Crippen LogP contribution in [0.2, 0.25) is 0 Å². The van der Waals surface area contributed by atoms with E-state index in [4.69, 9.17) is 9.47 Å². The highest BCUT2D eigenvalue weighted by atomic mass is 32.1. The van der Waals surface area contributed by atoms with Gasteiger partial charge in [0.05, 0.1) is 20.3 Å². The fraction of sp³-hybridized carbons (Fsp3) is 0.368. The van der Waals surface area contributed by atoms with E-state index in [1.165, 1.54) is 5.56 Å². The molecule has 3 heterocycles. The molecule has 1 saturated heterocycles. The Labute approximate surface area is 162 Å². The summed E-state index contributed by atoms with van der Waals surface area (Å²) in [6.07, 6.45) is 2.03. The Bertz CT molecular complexity index is 872. The van der Waals surface area contributed by atoms with Crippen LogP contribution in [0.3, 0.4) is 0 Å². The summed E-state index contributed by atoms with van der Waals surface area (Å²) in [5.74, 6) is 0.877. The molecule has 0 unspecified atom stereocenters. The number of methoxy groups -OCH3 is 1. The van der Waals surface area contributed by atoms with Crippen LogP contribution in [-0.2, 0) is 17.8 Å². The number of rotatable bonds is 7. The lowest BCUT2D eigenvalue weighted by Gasteiger charge is -2.25. The summed E-state index contributed by atoms with van der Waals surface area (Å²) >= 11 is 1.61. The Morgan fingerprint density at radius 2 is 1.96 bits per heavy atom. The highest BCUT2D eigenvalue weighted by molar-refractivity contribution is 7.17. The summed E-state index contributed by atoms with van der Waals surface area (Å²) in [4.78, 5) is 2.23. The summed E-state index contributed by atoms with van der Waals surface area (Å²) in [6.45, 7) is 4.76. The third-order valence-electron chi connectivity index (χ3n) is 4.49. The standard InChI is InChI=1S/C19H23N5O2S/c1-25-17-6-2-4-15(12-17)13-20-14-16-5-3-7-24(16)19-22-21-18(27-19)23-8-10-26-11-9-23/h2-7,12,20H,8-11,13-14H2,1H3. The molecule has 27 heavy (non-hydrogen) atoms. The van der Waals surface area contributed by atoms with Gasteiger partial charge in [0.1, 0.15) is 5.75 Å². The molecule has 1 fully saturated rings. The molecule has 1 aromatic carbocycles. The molecular formula is C19H23N5O2S. The minimum Gasteiger partial charge on any atom is -0.497 e. The van der Waals surface area contributed by atoms with Gasteiger partial charge in [-0.3, -0.25) is 4.57 Å². The lowest BCUT2D eigenvalue weighted by Crippen LogP contribution is -2.36. The Kier molecular flexibility index (Phi) is 5.66. The van der Waals surface area contributed by atoms with Gasteiger partial charge in [-0.1, -0.05) is 23.5 Å². The van der Waals surface area contributed by atoms with Gasteiger partial charge in [0.25, 0.3) is 0 Å². The number of aromatic nitrogens is 3. The topological polar surface area (TPSA) is 64.4 Å². The highest BCUT2D eigenvalue weighted by Crippen LogP contribution is 2.25. The van der Waals surface area contributed by atoms with E-state index in [9.17, 15) is 0 Å². The molecule has 1 aliphatic rings. The average Bonchev–Trinajstić information content (AvgIpc) is 3.38. The third-order valence-corrected chi connectivity index (χ3v) is 5.48. The van der Waals surface area contributed by atoms with Crippen molar-refractivity contribution in [1.29, 1.82) is 0 Å². The van der Waals surface area contributed by atoms with E-state index in [1.54, 1.807) is 18.4 Å². The predicted octanol–water partition coefficient (Wildman–Crippen LogP) is 2.46. The Morgan fingerprint density at radius 1 is 1.11 bits per heavy atom. The maximum absolute atomic E-state index is 5.41. The molecular weight excluding hydrogens is 362 g/mol. The van der Waals surface area contributed by atoms with Gasteiger partial charge in [0, 0.05) is 38.1 Å². The molecule has 1 N–H and O–H groups in total. The molecule has 7 nitrogen and oxygen atoms in total. The fourth-order valence-corrected chi connectivity index (χ4v) is 3.97. The van der Waals surface area contributed by atoms with E-state index in [0.717, 1.165) is 61.1 Å². The van der Waals surface area contributed by atoms with Crippen molar-refractivity contribution in [3.63, 3.8) is 0 Å². The molecule has 0 radical (unpaired) electrons. The molecule has 8 heteroatoms. The Balaban J connectivity index is 1.40. The van der Waals surface area contributed by atoms with E-state index in [-0.39, 0.29) is 0 Å². The van der Waals surface area contributed by atoms with Crippen LogP contribution in [0.5, 0.6) is 5.75 Å². The first-order valence-corrected chi connectivity index (χ1v) is 9.81. The summed E-state index contributed by atoms with van der Waals surface area (Å²) in [7, 11) is 1.69. The van der Waals surface area contributed by atoms with Crippen LogP contribution in [-0.4, -0.2) is 48.2 Å². The lowest BCUT2D eigenvalue weighted by molar-refractivity contribution is 0.122. The predicted molar refractivity (Wildman–Crippen MR) is 106 cm³/mol. The van der Waals surface area contributed by atoms with E-state index >= 15 is 0 Å². The van der Waals surface area contributed by atoms with Crippen LogP contribution < -0.4 is 15.0 Å². The minimum atomic E-state index is 0.747. The second kappa shape index (κ2) is 8.51. The van der Waals surface area contributed by atoms with Crippen molar-refractivity contribution in [2.45, 2.75) is 13.1 Å². The molecule has 0 bridgehead atoms. The van der Waals surface area contributed by atoms with Crippen LogP contribution in [0.25, 0.3) is 5.13 Å². The maximum Gasteiger partial charge on any atom is 0.218 e. The number of morpholine rings is 1. The normalized spacial score (nSPS) is 14.5. The Morgan fingerprint density at radius 3 is 2.81 bits per heavy atom. The monoisotopic (exact) mass is 385 g/mol. The number of hydrogen-bond donors (Lipinski definition) is 1. The zero-order chi connectivity index (χ0) is 18.5. The van der Waals surface area contributed by atoms with Gasteiger partial charge in [0.15, 0.2) is 0 Å². The average molecular weight is 385 g/mol. The molecule has 1 aliphatic heterocycles. The summed E-state index contributed by atoms with van der Waals surface area (Å²) in [5.41, 5.74) is 2.35. The van der Waals surface area contributed by atoms with Gasteiger partial charge >= 0.3 is 0 Å². The maximum atomic E-state index is 5.41. The van der Waals surface area contributed by atoms with Gasteiger partial charge in [-0.15, -0.1) is 10.2 Å². The number of nitrogens with one attached hydrogen (secondary N) is 1. The van der Waals surface area contributed by atoms with Crippen molar-refractivity contribution >= 4 is 16.5 Å². The lowest BCUT2D eigenvalue weighted by atomic mass is 10.2. The van der Waals surface area contributed by atoms with Crippen LogP contribution in [0, 0.1) is 0 Å². The van der Waals surface area contributed by atoms with Crippen molar-refractivity contribution < 1.29 is 9.47 Å². The second-order valence-corrected chi connectivity index (χ2v) is 7.23. The largest absolute Gasteiger partial charge is 0.497 e. The van der Waals surface area contributed by atoms with E-state index in [1.807, 2.05) is 30.5 Å². The molecule has 0 aliphatic carbocycles. The van der Waals surface area contributed by atoms with Gasteiger partial charge in [-0.25, -0.2) is 0 Å². The summed E-state index contributed by atoms with van der Waals surface area (Å²) < 4.78 is 12.8. The zero-order valence-corrected chi connectivity index (χ0v) is 16.1. The number of anilines is 1. The van der Waals surface area contributed by atoms with Gasteiger partial charge in [-0.2, -0.15) is 0 Å². The molecule has 0 atom stereocenters. The van der Waals surface area contributed by atoms with Crippen LogP contribution in [0.15, 0.2) is 42.6 Å². The molecule has 0 amide bonds. The van der Waals surface area contributed by atoms with Crippen LogP contribution in [0.1, 0.15) is 11.3 Å². The smallest absolute Gasteiger partial charge is 0.218 e. The molecule has 3 aromatic rings. The zero-order valence-electron chi connectivity index (χ0n) is 15.3. The van der Waals surface area contributed by atoms with Crippen molar-refractivity contribution in [1.82, 2.24) is 20.1 Å². The van der Waals surface area contributed by atoms with Gasteiger partial charge in [-0.05, 0) is 29.8 Å². The van der Waals surface area contributed by atoms with E-state index < -0.39 is 0 Å². The molecule has 0 spiro atoms. The van der Waals surface area contributed by atoms with E-state index in [0.29, 0.717) is 0 Å². The number of nitrogens with zero attached hydrogens (tertiary/aromatic N) is 4. The molecule has 4 rings (SSSR count). The van der Waals surface area contributed by atoms with Crippen molar-refractivity contribution in [2.75, 3.05) is 38.3 Å². The van der Waals surface area contributed by atoms with Crippen LogP contribution in [0.4, 0.5) is 5.13 Å². The van der Waals surface area contributed by atoms with Gasteiger partial charge < -0.3 is 19.7 Å². The first kappa shape index (κ1) is 18.0. The SMILES string of the molecule is COc1cccc(CNCc2cccn2-c2nnc(N3CCOCC3)s2)c1. The van der Waals surface area contributed by atoms with Crippen molar-refractivity contribution in [3.05, 3.63) is 53.9 Å². The third kappa shape index (κ3) is 4.29. The van der Waals surface area contributed by atoms with Crippen LogP contribution >= 0.6 is 11.3 Å². The Hall–Kier alpha value is -2.42. The number of hydrogen-bond acceptors (Lipinski definition) is 7. The first-order chi connectivity index (χ1) is 13.3. The minimum absolute atomic E-state index is 0.747. The highest BCUT2D eigenvalue weighted by Gasteiger charge is 2.17. The fourth-order valence-electron chi connectivity index (χ4n) is 3.05. The number of ether oxygens (including phenoxy) is 2. The number of benzene rings is 1.